The van der Waals surface area contributed by atoms with Gasteiger partial charge in [-0.25, -0.2) is 0 Å². The first-order valence-corrected chi connectivity index (χ1v) is 9.18. The van der Waals surface area contributed by atoms with E-state index < -0.39 is 11.4 Å². The lowest BCUT2D eigenvalue weighted by Crippen LogP contribution is -2.45. The lowest BCUT2D eigenvalue weighted by Gasteiger charge is -2.33. The fourth-order valence-corrected chi connectivity index (χ4v) is 4.57. The Bertz CT molecular complexity index is 648. The van der Waals surface area contributed by atoms with Crippen LogP contribution in [0.5, 0.6) is 0 Å². The van der Waals surface area contributed by atoms with Gasteiger partial charge in [0.05, 0.1) is 17.6 Å². The molecular formula is C18H23NO4S. The number of carboxylic acid groups (broad SMARTS) is 1. The normalized spacial score (nSPS) is 26.5. The molecule has 6 heteroatoms. The van der Waals surface area contributed by atoms with Crippen LogP contribution in [0.4, 0.5) is 0 Å². The number of likely N-dealkylation sites (tertiary alicyclic amines) is 1. The molecule has 2 aliphatic heterocycles. The van der Waals surface area contributed by atoms with E-state index in [1.807, 2.05) is 24.3 Å². The van der Waals surface area contributed by atoms with E-state index in [2.05, 4.69) is 13.8 Å². The smallest absolute Gasteiger partial charge is 0.311 e. The predicted molar refractivity (Wildman–Crippen MR) is 92.3 cm³/mol. The molecule has 0 bridgehead atoms. The number of aliphatic carboxylic acids is 1. The minimum absolute atomic E-state index is 0.0752. The summed E-state index contributed by atoms with van der Waals surface area (Å²) in [6.45, 7) is 5.77. The van der Waals surface area contributed by atoms with Gasteiger partial charge in [-0.1, -0.05) is 26.0 Å². The van der Waals surface area contributed by atoms with Crippen molar-refractivity contribution in [3.05, 3.63) is 29.8 Å². The highest BCUT2D eigenvalue weighted by molar-refractivity contribution is 8.00. The first-order chi connectivity index (χ1) is 11.4. The van der Waals surface area contributed by atoms with Crippen LogP contribution in [0.1, 0.15) is 30.6 Å². The van der Waals surface area contributed by atoms with Gasteiger partial charge in [-0.05, 0) is 18.6 Å². The number of nitrogens with zero attached hydrogens (tertiary/aromatic N) is 1. The van der Waals surface area contributed by atoms with Gasteiger partial charge in [-0.2, -0.15) is 0 Å². The van der Waals surface area contributed by atoms with Crippen molar-refractivity contribution in [2.24, 2.45) is 11.3 Å². The topological polar surface area (TPSA) is 66.8 Å². The number of carboxylic acids is 1. The fraction of sp³-hybridized carbons (Fsp3) is 0.556. The molecule has 0 radical (unpaired) electrons. The Morgan fingerprint density at radius 3 is 2.79 bits per heavy atom. The van der Waals surface area contributed by atoms with Crippen LogP contribution in [0.2, 0.25) is 0 Å². The number of thioether (sulfide) groups is 1. The summed E-state index contributed by atoms with van der Waals surface area (Å²) in [5.74, 6) is -1.01. The molecule has 1 amide bonds. The molecule has 0 saturated carbocycles. The molecule has 24 heavy (non-hydrogen) atoms. The highest BCUT2D eigenvalue weighted by Gasteiger charge is 2.55. The highest BCUT2D eigenvalue weighted by atomic mass is 32.2. The maximum atomic E-state index is 13.0. The Hall–Kier alpha value is -1.53. The third-order valence-electron chi connectivity index (χ3n) is 4.90. The zero-order chi connectivity index (χ0) is 17.3. The van der Waals surface area contributed by atoms with Crippen molar-refractivity contribution in [2.75, 3.05) is 26.3 Å². The molecule has 1 aromatic rings. The van der Waals surface area contributed by atoms with Crippen LogP contribution in [0.15, 0.2) is 29.2 Å². The molecule has 2 fully saturated rings. The Labute approximate surface area is 146 Å². The summed E-state index contributed by atoms with van der Waals surface area (Å²) in [5, 5.41) is 10.1. The van der Waals surface area contributed by atoms with Crippen molar-refractivity contribution < 1.29 is 19.4 Å². The summed E-state index contributed by atoms with van der Waals surface area (Å²) in [6.07, 6.45) is 0.471. The van der Waals surface area contributed by atoms with Gasteiger partial charge in [0.1, 0.15) is 0 Å². The molecule has 2 aliphatic rings. The number of carbonyl (C=O) groups is 2. The minimum Gasteiger partial charge on any atom is -0.481 e. The van der Waals surface area contributed by atoms with E-state index in [1.165, 1.54) is 0 Å². The summed E-state index contributed by atoms with van der Waals surface area (Å²) in [7, 11) is 0. The maximum absolute atomic E-state index is 13.0. The van der Waals surface area contributed by atoms with Gasteiger partial charge < -0.3 is 14.7 Å². The monoisotopic (exact) mass is 349 g/mol. The first kappa shape index (κ1) is 17.3. The maximum Gasteiger partial charge on any atom is 0.311 e. The molecular weight excluding hydrogens is 326 g/mol. The highest BCUT2D eigenvalue weighted by Crippen LogP contribution is 2.43. The second-order valence-electron chi connectivity index (χ2n) is 6.83. The molecule has 2 heterocycles. The Kier molecular flexibility index (Phi) is 4.88. The number of ether oxygens (including phenoxy) is 1. The third-order valence-corrected chi connectivity index (χ3v) is 5.98. The number of amides is 1. The average molecular weight is 349 g/mol. The largest absolute Gasteiger partial charge is 0.481 e. The summed E-state index contributed by atoms with van der Waals surface area (Å²) >= 11 is 1.65. The number of hydrogen-bond acceptors (Lipinski definition) is 4. The fourth-order valence-electron chi connectivity index (χ4n) is 3.62. The van der Waals surface area contributed by atoms with Gasteiger partial charge in [0.15, 0.2) is 0 Å². The lowest BCUT2D eigenvalue weighted by molar-refractivity contribution is -0.157. The van der Waals surface area contributed by atoms with Crippen LogP contribution in [0.25, 0.3) is 0 Å². The van der Waals surface area contributed by atoms with E-state index in [1.54, 1.807) is 16.7 Å². The van der Waals surface area contributed by atoms with Gasteiger partial charge >= 0.3 is 5.97 Å². The number of fused-ring (bicyclic) bond motifs is 1. The van der Waals surface area contributed by atoms with E-state index >= 15 is 0 Å². The summed E-state index contributed by atoms with van der Waals surface area (Å²) in [5.41, 5.74) is -0.190. The van der Waals surface area contributed by atoms with Gasteiger partial charge in [-0.15, -0.1) is 11.8 Å². The van der Waals surface area contributed by atoms with Crippen molar-refractivity contribution in [2.45, 2.75) is 30.4 Å². The summed E-state index contributed by atoms with van der Waals surface area (Å²) in [4.78, 5) is 27.6. The van der Waals surface area contributed by atoms with Gasteiger partial charge in [0.2, 0.25) is 0 Å². The van der Waals surface area contributed by atoms with Crippen molar-refractivity contribution >= 4 is 23.6 Å². The molecule has 2 saturated heterocycles. The van der Waals surface area contributed by atoms with E-state index in [0.717, 1.165) is 4.90 Å². The molecule has 1 N–H and O–H groups in total. The van der Waals surface area contributed by atoms with E-state index in [9.17, 15) is 14.7 Å². The zero-order valence-corrected chi connectivity index (χ0v) is 14.8. The molecule has 3 rings (SSSR count). The van der Waals surface area contributed by atoms with Crippen molar-refractivity contribution in [3.63, 3.8) is 0 Å². The van der Waals surface area contributed by atoms with E-state index in [4.69, 9.17) is 4.74 Å². The van der Waals surface area contributed by atoms with Crippen LogP contribution >= 0.6 is 11.8 Å². The van der Waals surface area contributed by atoms with Gasteiger partial charge in [-0.3, -0.25) is 9.59 Å². The molecule has 0 aromatic heterocycles. The van der Waals surface area contributed by atoms with E-state index in [-0.39, 0.29) is 18.4 Å². The molecule has 130 valence electrons. The SMILES string of the molecule is CC(C)Sc1ccccc1C(=O)N1C[C@H]2COCC[C@@]2(C(=O)O)C1. The van der Waals surface area contributed by atoms with Crippen molar-refractivity contribution in [1.82, 2.24) is 4.90 Å². The minimum atomic E-state index is -0.853. The number of hydrogen-bond donors (Lipinski definition) is 1. The predicted octanol–water partition coefficient (Wildman–Crippen LogP) is 2.75. The second-order valence-corrected chi connectivity index (χ2v) is 8.45. The van der Waals surface area contributed by atoms with Crippen LogP contribution in [0.3, 0.4) is 0 Å². The molecule has 1 aromatic carbocycles. The number of rotatable bonds is 4. The molecule has 5 nitrogen and oxygen atoms in total. The van der Waals surface area contributed by atoms with Crippen LogP contribution in [0, 0.1) is 11.3 Å². The van der Waals surface area contributed by atoms with Gasteiger partial charge in [0.25, 0.3) is 5.91 Å². The number of carbonyl (C=O) groups excluding carboxylic acids is 1. The molecule has 0 aliphatic carbocycles. The average Bonchev–Trinajstić information content (AvgIpc) is 2.95. The summed E-state index contributed by atoms with van der Waals surface area (Å²) < 4.78 is 5.46. The van der Waals surface area contributed by atoms with Crippen LogP contribution in [-0.4, -0.2) is 53.4 Å². The van der Waals surface area contributed by atoms with Crippen LogP contribution in [-0.2, 0) is 9.53 Å². The molecule has 2 atom stereocenters. The quantitative estimate of drug-likeness (QED) is 0.847. The Morgan fingerprint density at radius 2 is 2.12 bits per heavy atom. The van der Waals surface area contributed by atoms with Crippen molar-refractivity contribution in [3.8, 4) is 0 Å². The second kappa shape index (κ2) is 6.76. The Morgan fingerprint density at radius 1 is 1.38 bits per heavy atom. The Balaban J connectivity index is 1.86. The van der Waals surface area contributed by atoms with Crippen molar-refractivity contribution in [1.29, 1.82) is 0 Å². The molecule has 0 unspecified atom stereocenters. The zero-order valence-electron chi connectivity index (χ0n) is 14.0. The standard InChI is InChI=1S/C18H23NO4S/c1-12(2)24-15-6-4-3-5-14(15)16(20)19-9-13-10-23-8-7-18(13,11-19)17(21)22/h3-6,12-13H,7-11H2,1-2H3,(H,21,22)/t13-,18+/m0/s1. The van der Waals surface area contributed by atoms with Gasteiger partial charge in [0, 0.05) is 35.8 Å². The van der Waals surface area contributed by atoms with Crippen LogP contribution < -0.4 is 0 Å². The lowest BCUT2D eigenvalue weighted by atomic mass is 9.74. The third kappa shape index (κ3) is 3.05. The number of benzene rings is 1. The first-order valence-electron chi connectivity index (χ1n) is 8.30. The van der Waals surface area contributed by atoms with E-state index in [0.29, 0.717) is 37.0 Å². The molecule has 0 spiro atoms. The summed E-state index contributed by atoms with van der Waals surface area (Å²) in [6, 6.07) is 7.57.